The Bertz CT molecular complexity index is 2870. The van der Waals surface area contributed by atoms with Gasteiger partial charge < -0.3 is 9.47 Å². The van der Waals surface area contributed by atoms with E-state index in [2.05, 4.69) is 216 Å². The Balaban J connectivity index is 1.11. The average Bonchev–Trinajstić information content (AvgIpc) is 3.57. The van der Waals surface area contributed by atoms with Crippen molar-refractivity contribution in [2.75, 3.05) is 4.90 Å². The number of nitrogens with zero attached hydrogens (tertiary/aromatic N) is 2. The molecule has 0 radical (unpaired) electrons. The molecule has 0 bridgehead atoms. The standard InChI is InChI=1S/C50H34N2/c1-3-11-35(12-4-1)37-21-26-43(27-22-37)51(44-28-23-38(24-29-44)40-20-19-36-13-7-8-14-39(36)33-40)45-30-31-46-41(34-45)25-32-49-50(46)47-17-9-10-18-48(47)52(49)42-15-5-2-6-16-42/h1-34H. The van der Waals surface area contributed by atoms with E-state index in [1.165, 1.54) is 71.3 Å². The lowest BCUT2D eigenvalue weighted by molar-refractivity contribution is 1.18. The minimum absolute atomic E-state index is 1.11. The smallest absolute Gasteiger partial charge is 0.0547 e. The molecule has 1 heterocycles. The van der Waals surface area contributed by atoms with E-state index in [0.29, 0.717) is 0 Å². The summed E-state index contributed by atoms with van der Waals surface area (Å²) < 4.78 is 2.38. The number of fused-ring (bicyclic) bond motifs is 6. The van der Waals surface area contributed by atoms with Crippen molar-refractivity contribution in [3.05, 3.63) is 206 Å². The van der Waals surface area contributed by atoms with Crippen LogP contribution in [0.3, 0.4) is 0 Å². The summed E-state index contributed by atoms with van der Waals surface area (Å²) in [6.07, 6.45) is 0. The van der Waals surface area contributed by atoms with Gasteiger partial charge in [0.1, 0.15) is 0 Å². The van der Waals surface area contributed by atoms with Gasteiger partial charge in [-0.3, -0.25) is 0 Å². The van der Waals surface area contributed by atoms with E-state index in [1.807, 2.05) is 0 Å². The molecule has 244 valence electrons. The van der Waals surface area contributed by atoms with Gasteiger partial charge in [-0.25, -0.2) is 0 Å². The molecule has 1 aromatic heterocycles. The van der Waals surface area contributed by atoms with Crippen molar-refractivity contribution in [2.45, 2.75) is 0 Å². The third kappa shape index (κ3) is 5.12. The summed E-state index contributed by atoms with van der Waals surface area (Å²) in [7, 11) is 0. The molecule has 2 heteroatoms. The van der Waals surface area contributed by atoms with E-state index >= 15 is 0 Å². The van der Waals surface area contributed by atoms with E-state index in [4.69, 9.17) is 0 Å². The second kappa shape index (κ2) is 12.5. The van der Waals surface area contributed by atoms with Crippen molar-refractivity contribution < 1.29 is 0 Å². The third-order valence-electron chi connectivity index (χ3n) is 10.4. The summed E-state index contributed by atoms with van der Waals surface area (Å²) in [4.78, 5) is 2.37. The highest BCUT2D eigenvalue weighted by molar-refractivity contribution is 6.21. The zero-order chi connectivity index (χ0) is 34.4. The third-order valence-corrected chi connectivity index (χ3v) is 10.4. The molecule has 2 nitrogen and oxygen atoms in total. The lowest BCUT2D eigenvalue weighted by Crippen LogP contribution is -2.09. The fourth-order valence-electron chi connectivity index (χ4n) is 7.83. The van der Waals surface area contributed by atoms with Crippen molar-refractivity contribution >= 4 is 60.4 Å². The first-order valence-corrected chi connectivity index (χ1v) is 17.8. The summed E-state index contributed by atoms with van der Waals surface area (Å²) in [6.45, 7) is 0. The number of hydrogen-bond acceptors (Lipinski definition) is 1. The largest absolute Gasteiger partial charge is 0.310 e. The second-order valence-electron chi connectivity index (χ2n) is 13.4. The molecule has 0 unspecified atom stereocenters. The van der Waals surface area contributed by atoms with Crippen LogP contribution in [0.5, 0.6) is 0 Å². The van der Waals surface area contributed by atoms with Gasteiger partial charge in [0.05, 0.1) is 11.0 Å². The fourth-order valence-corrected chi connectivity index (χ4v) is 7.83. The van der Waals surface area contributed by atoms with E-state index in [1.54, 1.807) is 0 Å². The highest BCUT2D eigenvalue weighted by atomic mass is 15.1. The van der Waals surface area contributed by atoms with Gasteiger partial charge in [-0.15, -0.1) is 0 Å². The molecule has 0 aliphatic heterocycles. The van der Waals surface area contributed by atoms with Gasteiger partial charge >= 0.3 is 0 Å². The van der Waals surface area contributed by atoms with Crippen LogP contribution in [0.15, 0.2) is 206 Å². The highest BCUT2D eigenvalue weighted by Crippen LogP contribution is 2.41. The Kier molecular flexibility index (Phi) is 7.18. The number of rotatable bonds is 6. The maximum atomic E-state index is 2.38. The minimum Gasteiger partial charge on any atom is -0.310 e. The fraction of sp³-hybridized carbons (Fsp3) is 0. The van der Waals surface area contributed by atoms with Gasteiger partial charge in [-0.2, -0.15) is 0 Å². The topological polar surface area (TPSA) is 8.17 Å². The first kappa shape index (κ1) is 30.0. The van der Waals surface area contributed by atoms with Gasteiger partial charge in [-0.05, 0) is 111 Å². The minimum atomic E-state index is 1.11. The van der Waals surface area contributed by atoms with Crippen molar-refractivity contribution in [1.82, 2.24) is 4.57 Å². The van der Waals surface area contributed by atoms with Gasteiger partial charge in [0.2, 0.25) is 0 Å². The van der Waals surface area contributed by atoms with E-state index in [-0.39, 0.29) is 0 Å². The van der Waals surface area contributed by atoms with Gasteiger partial charge in [0, 0.05) is 33.5 Å². The van der Waals surface area contributed by atoms with Crippen LogP contribution >= 0.6 is 0 Å². The maximum Gasteiger partial charge on any atom is 0.0547 e. The Morgan fingerprint density at radius 2 is 0.865 bits per heavy atom. The molecule has 52 heavy (non-hydrogen) atoms. The van der Waals surface area contributed by atoms with E-state index in [9.17, 15) is 0 Å². The lowest BCUT2D eigenvalue weighted by atomic mass is 10.00. The van der Waals surface area contributed by atoms with Crippen molar-refractivity contribution in [2.24, 2.45) is 0 Å². The average molecular weight is 663 g/mol. The first-order valence-electron chi connectivity index (χ1n) is 17.8. The lowest BCUT2D eigenvalue weighted by Gasteiger charge is -2.26. The highest BCUT2D eigenvalue weighted by Gasteiger charge is 2.18. The van der Waals surface area contributed by atoms with E-state index in [0.717, 1.165) is 17.1 Å². The summed E-state index contributed by atoms with van der Waals surface area (Å²) in [5.74, 6) is 0. The quantitative estimate of drug-likeness (QED) is 0.172. The normalized spacial score (nSPS) is 11.5. The molecule has 0 spiro atoms. The molecule has 0 saturated heterocycles. The van der Waals surface area contributed by atoms with Crippen LogP contribution in [-0.2, 0) is 0 Å². The number of para-hydroxylation sites is 2. The monoisotopic (exact) mass is 662 g/mol. The van der Waals surface area contributed by atoms with E-state index < -0.39 is 0 Å². The summed E-state index contributed by atoms with van der Waals surface area (Å²) >= 11 is 0. The summed E-state index contributed by atoms with van der Waals surface area (Å²) in [5, 5.41) is 7.50. The Morgan fingerprint density at radius 3 is 1.62 bits per heavy atom. The Labute approximate surface area is 303 Å². The molecule has 9 aromatic carbocycles. The number of aromatic nitrogens is 1. The van der Waals surface area contributed by atoms with Gasteiger partial charge in [-0.1, -0.05) is 140 Å². The Hall–Kier alpha value is -6.90. The predicted molar refractivity (Wildman–Crippen MR) is 221 cm³/mol. The molecule has 0 saturated carbocycles. The van der Waals surface area contributed by atoms with Crippen LogP contribution in [-0.4, -0.2) is 4.57 Å². The second-order valence-corrected chi connectivity index (χ2v) is 13.4. The molecule has 0 N–H and O–H groups in total. The molecular weight excluding hydrogens is 629 g/mol. The molecule has 10 rings (SSSR count). The zero-order valence-corrected chi connectivity index (χ0v) is 28.5. The van der Waals surface area contributed by atoms with Gasteiger partial charge in [0.25, 0.3) is 0 Å². The van der Waals surface area contributed by atoms with Crippen molar-refractivity contribution in [3.63, 3.8) is 0 Å². The van der Waals surface area contributed by atoms with Crippen LogP contribution in [0.2, 0.25) is 0 Å². The molecule has 0 atom stereocenters. The molecule has 0 amide bonds. The number of benzene rings is 9. The van der Waals surface area contributed by atoms with Crippen molar-refractivity contribution in [3.8, 4) is 27.9 Å². The molecule has 0 aliphatic rings. The maximum absolute atomic E-state index is 2.38. The van der Waals surface area contributed by atoms with Gasteiger partial charge in [0.15, 0.2) is 0 Å². The number of hydrogen-bond donors (Lipinski definition) is 0. The summed E-state index contributed by atoms with van der Waals surface area (Å²) in [6, 6.07) is 74.6. The first-order chi connectivity index (χ1) is 25.8. The predicted octanol–water partition coefficient (Wildman–Crippen LogP) is 13.9. The van der Waals surface area contributed by atoms with Crippen LogP contribution in [0, 0.1) is 0 Å². The van der Waals surface area contributed by atoms with Crippen LogP contribution in [0.25, 0.3) is 71.3 Å². The van der Waals surface area contributed by atoms with Crippen LogP contribution in [0.4, 0.5) is 17.1 Å². The molecule has 0 aliphatic carbocycles. The van der Waals surface area contributed by atoms with Crippen molar-refractivity contribution in [1.29, 1.82) is 0 Å². The molecular formula is C50H34N2. The van der Waals surface area contributed by atoms with Crippen LogP contribution < -0.4 is 4.90 Å². The van der Waals surface area contributed by atoms with Crippen LogP contribution in [0.1, 0.15) is 0 Å². The zero-order valence-electron chi connectivity index (χ0n) is 28.5. The summed E-state index contributed by atoms with van der Waals surface area (Å²) in [5.41, 5.74) is 11.8. The Morgan fingerprint density at radius 1 is 0.308 bits per heavy atom. The molecule has 0 fully saturated rings. The molecule has 10 aromatic rings. The number of anilines is 3. The SMILES string of the molecule is c1ccc(-c2ccc(N(c3ccc(-c4ccc5ccccc5c4)cc3)c3ccc4c(ccc5c4c4ccccc4n5-c4ccccc4)c3)cc2)cc1.